The number of aromatic nitrogens is 2. The molecule has 2 aromatic rings. The molecule has 2 atom stereocenters. The van der Waals surface area contributed by atoms with E-state index in [9.17, 15) is 4.79 Å². The summed E-state index contributed by atoms with van der Waals surface area (Å²) in [4.78, 5) is 14.0. The van der Waals surface area contributed by atoms with E-state index in [1.807, 2.05) is 27.0 Å². The van der Waals surface area contributed by atoms with Crippen molar-refractivity contribution in [2.45, 2.75) is 32.7 Å². The van der Waals surface area contributed by atoms with Crippen molar-refractivity contribution in [3.05, 3.63) is 35.2 Å². The number of likely N-dealkylation sites (tertiary alicyclic amines) is 1. The maximum Gasteiger partial charge on any atom is 0.279 e. The summed E-state index contributed by atoms with van der Waals surface area (Å²) in [5.41, 5.74) is 3.87. The fraction of sp³-hybridized carbons (Fsp3) is 0.500. The monoisotopic (exact) mass is 371 g/mol. The number of nitrogens with zero attached hydrogens (tertiary/aromatic N) is 2. The molecule has 3 heterocycles. The Hall–Kier alpha value is -2.54. The lowest BCUT2D eigenvalue weighted by atomic mass is 10.0. The maximum absolute atomic E-state index is 12.7. The molecule has 0 spiro atoms. The van der Waals surface area contributed by atoms with Crippen LogP contribution in [0.1, 0.15) is 35.8 Å². The number of anilines is 1. The summed E-state index contributed by atoms with van der Waals surface area (Å²) in [5, 5.41) is 7.43. The van der Waals surface area contributed by atoms with Gasteiger partial charge in [0, 0.05) is 25.5 Å². The van der Waals surface area contributed by atoms with Gasteiger partial charge < -0.3 is 19.7 Å². The van der Waals surface area contributed by atoms with Crippen molar-refractivity contribution in [3.63, 3.8) is 0 Å². The van der Waals surface area contributed by atoms with Crippen LogP contribution in [-0.2, 0) is 11.8 Å². The minimum absolute atomic E-state index is 0.0358. The first-order chi connectivity index (χ1) is 13.0. The molecule has 2 aliphatic rings. The highest BCUT2D eigenvalue weighted by Gasteiger charge is 2.32. The molecular weight excluding hydrogens is 344 g/mol. The molecule has 0 aliphatic carbocycles. The highest BCUT2D eigenvalue weighted by Crippen LogP contribution is 2.33. The lowest BCUT2D eigenvalue weighted by Crippen LogP contribution is -3.11. The average Bonchev–Trinajstić information content (AvgIpc) is 3.21. The van der Waals surface area contributed by atoms with Crippen LogP contribution in [0.5, 0.6) is 11.5 Å². The van der Waals surface area contributed by atoms with E-state index in [2.05, 4.69) is 22.5 Å². The van der Waals surface area contributed by atoms with Crippen molar-refractivity contribution in [2.75, 3.05) is 31.6 Å². The summed E-state index contributed by atoms with van der Waals surface area (Å²) >= 11 is 0. The average molecular weight is 371 g/mol. The van der Waals surface area contributed by atoms with E-state index in [1.165, 1.54) is 10.5 Å². The smallest absolute Gasteiger partial charge is 0.279 e. The Kier molecular flexibility index (Phi) is 4.78. The van der Waals surface area contributed by atoms with Crippen LogP contribution < -0.4 is 19.7 Å². The van der Waals surface area contributed by atoms with Crippen LogP contribution in [0.4, 0.5) is 5.69 Å². The second-order valence-corrected chi connectivity index (χ2v) is 7.40. The quantitative estimate of drug-likeness (QED) is 0.846. The van der Waals surface area contributed by atoms with Crippen LogP contribution in [0.25, 0.3) is 0 Å². The summed E-state index contributed by atoms with van der Waals surface area (Å²) in [6, 6.07) is 6.49. The van der Waals surface area contributed by atoms with Gasteiger partial charge in [-0.2, -0.15) is 5.10 Å². The highest BCUT2D eigenvalue weighted by atomic mass is 16.6. The Bertz CT molecular complexity index is 861. The number of nitrogens with one attached hydrogen (secondary N) is 2. The molecule has 27 heavy (non-hydrogen) atoms. The normalized spacial score (nSPS) is 21.3. The first-order valence-corrected chi connectivity index (χ1v) is 9.57. The first kappa shape index (κ1) is 17.9. The third-order valence-corrected chi connectivity index (χ3v) is 5.61. The van der Waals surface area contributed by atoms with Gasteiger partial charge in [-0.1, -0.05) is 0 Å². The molecule has 1 saturated heterocycles. The van der Waals surface area contributed by atoms with Gasteiger partial charge in [-0.05, 0) is 32.0 Å². The lowest BCUT2D eigenvalue weighted by Gasteiger charge is -2.24. The van der Waals surface area contributed by atoms with Gasteiger partial charge in [-0.15, -0.1) is 0 Å². The Balaban J connectivity index is 1.46. The summed E-state index contributed by atoms with van der Waals surface area (Å²) in [6.45, 7) is 6.52. The van der Waals surface area contributed by atoms with E-state index in [4.69, 9.17) is 9.47 Å². The molecule has 1 unspecified atom stereocenters. The first-order valence-electron chi connectivity index (χ1n) is 9.57. The fourth-order valence-corrected chi connectivity index (χ4v) is 4.15. The number of fused-ring (bicyclic) bond motifs is 1. The molecule has 1 aromatic carbocycles. The van der Waals surface area contributed by atoms with E-state index < -0.39 is 0 Å². The van der Waals surface area contributed by atoms with Gasteiger partial charge in [0.15, 0.2) is 18.0 Å². The van der Waals surface area contributed by atoms with E-state index >= 15 is 0 Å². The number of carbonyl (C=O) groups excluding carboxylic acids is 1. The second kappa shape index (κ2) is 7.23. The number of quaternary nitrogens is 1. The molecule has 2 N–H and O–H groups in total. The molecule has 7 heteroatoms. The van der Waals surface area contributed by atoms with Crippen molar-refractivity contribution >= 4 is 11.6 Å². The van der Waals surface area contributed by atoms with E-state index in [0.717, 1.165) is 48.0 Å². The maximum atomic E-state index is 12.7. The molecule has 0 bridgehead atoms. The molecule has 7 nitrogen and oxygen atoms in total. The third-order valence-electron chi connectivity index (χ3n) is 5.61. The Morgan fingerprint density at radius 3 is 2.81 bits per heavy atom. The minimum atomic E-state index is 0.0358. The summed E-state index contributed by atoms with van der Waals surface area (Å²) < 4.78 is 13.1. The molecule has 1 amide bonds. The Morgan fingerprint density at radius 1 is 1.30 bits per heavy atom. The number of rotatable bonds is 4. The van der Waals surface area contributed by atoms with Crippen LogP contribution in [0.15, 0.2) is 18.2 Å². The summed E-state index contributed by atoms with van der Waals surface area (Å²) in [7, 11) is 1.89. The van der Waals surface area contributed by atoms with Gasteiger partial charge in [-0.3, -0.25) is 9.48 Å². The summed E-state index contributed by atoms with van der Waals surface area (Å²) in [5.74, 6) is 1.66. The topological polar surface area (TPSA) is 69.8 Å². The minimum Gasteiger partial charge on any atom is -0.486 e. The molecular formula is C20H27N4O3+. The van der Waals surface area contributed by atoms with E-state index in [1.54, 1.807) is 4.68 Å². The predicted octanol–water partition coefficient (Wildman–Crippen LogP) is 1.17. The van der Waals surface area contributed by atoms with Gasteiger partial charge in [0.1, 0.15) is 19.3 Å². The van der Waals surface area contributed by atoms with Crippen LogP contribution in [-0.4, -0.2) is 42.0 Å². The van der Waals surface area contributed by atoms with Crippen LogP contribution in [0.2, 0.25) is 0 Å². The molecule has 144 valence electrons. The lowest BCUT2D eigenvalue weighted by molar-refractivity contribution is -0.910. The van der Waals surface area contributed by atoms with Gasteiger partial charge in [0.2, 0.25) is 0 Å². The van der Waals surface area contributed by atoms with Gasteiger partial charge in [-0.25, -0.2) is 0 Å². The largest absolute Gasteiger partial charge is 0.486 e. The van der Waals surface area contributed by atoms with Crippen LogP contribution in [0, 0.1) is 13.8 Å². The fourth-order valence-electron chi connectivity index (χ4n) is 4.15. The van der Waals surface area contributed by atoms with Gasteiger partial charge in [0.05, 0.1) is 23.6 Å². The Morgan fingerprint density at radius 2 is 2.07 bits per heavy atom. The van der Waals surface area contributed by atoms with Crippen LogP contribution >= 0.6 is 0 Å². The zero-order valence-corrected chi connectivity index (χ0v) is 16.2. The van der Waals surface area contributed by atoms with Crippen LogP contribution in [0.3, 0.4) is 0 Å². The summed E-state index contributed by atoms with van der Waals surface area (Å²) in [6.07, 6.45) is 2.19. The molecule has 2 aliphatic heterocycles. The zero-order valence-electron chi connectivity index (χ0n) is 16.2. The van der Waals surface area contributed by atoms with Crippen molar-refractivity contribution < 1.29 is 19.2 Å². The van der Waals surface area contributed by atoms with Gasteiger partial charge in [0.25, 0.3) is 5.91 Å². The molecule has 1 aromatic heterocycles. The highest BCUT2D eigenvalue weighted by molar-refractivity contribution is 5.92. The predicted molar refractivity (Wildman–Crippen MR) is 101 cm³/mol. The number of aryl methyl sites for hydroxylation is 2. The second-order valence-electron chi connectivity index (χ2n) is 7.40. The number of benzene rings is 1. The number of hydrogen-bond donors (Lipinski definition) is 2. The van der Waals surface area contributed by atoms with Crippen molar-refractivity contribution in [1.29, 1.82) is 0 Å². The zero-order chi connectivity index (χ0) is 19.0. The molecule has 1 fully saturated rings. The molecule has 4 rings (SSSR count). The SMILES string of the molecule is Cc1nn(C)c(C)c1NC(=O)C[NH+]1CCC[C@@H]1c1ccc2c(c1)OCCO2. The van der Waals surface area contributed by atoms with Crippen molar-refractivity contribution in [2.24, 2.45) is 7.05 Å². The van der Waals surface area contributed by atoms with E-state index in [-0.39, 0.29) is 5.91 Å². The Labute approximate surface area is 159 Å². The number of carbonyl (C=O) groups is 1. The molecule has 0 saturated carbocycles. The van der Waals surface area contributed by atoms with E-state index in [0.29, 0.717) is 25.8 Å². The number of ether oxygens (including phenoxy) is 2. The molecule has 0 radical (unpaired) electrons. The number of hydrogen-bond acceptors (Lipinski definition) is 4. The standard InChI is InChI=1S/C20H26N4O3/c1-13-20(14(2)23(3)22-13)21-19(25)12-24-8-4-5-16(24)15-6-7-17-18(11-15)27-10-9-26-17/h6-7,11,16H,4-5,8-10,12H2,1-3H3,(H,21,25)/p+1/t16-/m1/s1. The number of amides is 1. The van der Waals surface area contributed by atoms with Crippen molar-refractivity contribution in [3.8, 4) is 11.5 Å². The third kappa shape index (κ3) is 3.51. The van der Waals surface area contributed by atoms with Crippen molar-refractivity contribution in [1.82, 2.24) is 9.78 Å². The van der Waals surface area contributed by atoms with Gasteiger partial charge >= 0.3 is 0 Å².